The van der Waals surface area contributed by atoms with Crippen molar-refractivity contribution in [3.05, 3.63) is 15.6 Å². The number of likely N-dealkylation sites (tertiary alicyclic amines) is 1. The molecule has 122 valence electrons. The summed E-state index contributed by atoms with van der Waals surface area (Å²) in [5.74, 6) is -1.17. The fourth-order valence-electron chi connectivity index (χ4n) is 2.76. The van der Waals surface area contributed by atoms with Crippen LogP contribution in [0.3, 0.4) is 0 Å². The molecule has 0 bridgehead atoms. The van der Waals surface area contributed by atoms with Crippen LogP contribution < -0.4 is 0 Å². The predicted octanol–water partition coefficient (Wildman–Crippen LogP) is 2.93. The van der Waals surface area contributed by atoms with Crippen LogP contribution in [0.15, 0.2) is 0 Å². The number of thiazole rings is 1. The van der Waals surface area contributed by atoms with E-state index in [2.05, 4.69) is 25.8 Å². The van der Waals surface area contributed by atoms with Crippen LogP contribution in [0.4, 0.5) is 0 Å². The maximum atomic E-state index is 12.8. The van der Waals surface area contributed by atoms with Gasteiger partial charge >= 0.3 is 5.97 Å². The smallest absolute Gasteiger partial charge is 0.308 e. The number of rotatable bonds is 2. The van der Waals surface area contributed by atoms with Gasteiger partial charge in [0.1, 0.15) is 4.88 Å². The van der Waals surface area contributed by atoms with Gasteiger partial charge in [-0.25, -0.2) is 4.98 Å². The summed E-state index contributed by atoms with van der Waals surface area (Å²) in [6, 6.07) is 0. The summed E-state index contributed by atoms with van der Waals surface area (Å²) < 4.78 is 0. The maximum Gasteiger partial charge on any atom is 0.308 e. The predicted molar refractivity (Wildman–Crippen MR) is 86.4 cm³/mol. The first-order chi connectivity index (χ1) is 10.1. The number of carbonyl (C=O) groups is 2. The molecule has 1 aliphatic heterocycles. The zero-order valence-corrected chi connectivity index (χ0v) is 14.7. The third kappa shape index (κ3) is 3.48. The highest BCUT2D eigenvalue weighted by atomic mass is 32.1. The van der Waals surface area contributed by atoms with Crippen molar-refractivity contribution < 1.29 is 14.7 Å². The number of carboxylic acids is 1. The molecular weight excluding hydrogens is 300 g/mol. The van der Waals surface area contributed by atoms with Crippen molar-refractivity contribution >= 4 is 23.2 Å². The summed E-state index contributed by atoms with van der Waals surface area (Å²) in [5, 5.41) is 10.2. The third-order valence-electron chi connectivity index (χ3n) is 3.93. The van der Waals surface area contributed by atoms with E-state index >= 15 is 0 Å². The second-order valence-electron chi connectivity index (χ2n) is 7.27. The van der Waals surface area contributed by atoms with E-state index < -0.39 is 11.9 Å². The lowest BCUT2D eigenvalue weighted by atomic mass is 9.90. The van der Waals surface area contributed by atoms with Gasteiger partial charge in [0.05, 0.1) is 16.6 Å². The molecule has 5 nitrogen and oxygen atoms in total. The molecule has 1 fully saturated rings. The quantitative estimate of drug-likeness (QED) is 0.908. The number of nitrogens with zero attached hydrogens (tertiary/aromatic N) is 2. The number of carboxylic acid groups (broad SMARTS) is 1. The highest BCUT2D eigenvalue weighted by molar-refractivity contribution is 7.14. The van der Waals surface area contributed by atoms with Gasteiger partial charge in [-0.15, -0.1) is 11.3 Å². The minimum atomic E-state index is -0.819. The molecule has 22 heavy (non-hydrogen) atoms. The van der Waals surface area contributed by atoms with Crippen LogP contribution >= 0.6 is 11.3 Å². The average molecular weight is 324 g/mol. The number of piperidine rings is 1. The Morgan fingerprint density at radius 3 is 2.45 bits per heavy atom. The van der Waals surface area contributed by atoms with Crippen LogP contribution in [0, 0.1) is 18.8 Å². The second-order valence-corrected chi connectivity index (χ2v) is 8.27. The van der Waals surface area contributed by atoms with Gasteiger partial charge < -0.3 is 10.0 Å². The van der Waals surface area contributed by atoms with Gasteiger partial charge in [-0.3, -0.25) is 9.59 Å². The molecule has 2 rings (SSSR count). The number of aryl methyl sites for hydroxylation is 1. The van der Waals surface area contributed by atoms with Gasteiger partial charge in [0, 0.05) is 18.5 Å². The van der Waals surface area contributed by atoms with Gasteiger partial charge in [-0.2, -0.15) is 0 Å². The van der Waals surface area contributed by atoms with Crippen LogP contribution in [0.1, 0.15) is 54.5 Å². The maximum absolute atomic E-state index is 12.8. The molecule has 0 saturated carbocycles. The lowest BCUT2D eigenvalue weighted by molar-refractivity contribution is -0.143. The molecule has 1 aliphatic rings. The van der Waals surface area contributed by atoms with E-state index in [4.69, 9.17) is 0 Å². The molecule has 6 heteroatoms. The van der Waals surface area contributed by atoms with Crippen LogP contribution in [-0.4, -0.2) is 40.0 Å². The Balaban J connectivity index is 2.24. The largest absolute Gasteiger partial charge is 0.481 e. The zero-order valence-electron chi connectivity index (χ0n) is 13.8. The molecule has 2 heterocycles. The van der Waals surface area contributed by atoms with Crippen LogP contribution in [0.25, 0.3) is 0 Å². The Morgan fingerprint density at radius 1 is 1.32 bits per heavy atom. The molecule has 1 aromatic heterocycles. The number of carbonyl (C=O) groups excluding carboxylic acids is 1. The van der Waals surface area contributed by atoms with E-state index in [-0.39, 0.29) is 17.2 Å². The van der Waals surface area contributed by atoms with Gasteiger partial charge in [0.25, 0.3) is 5.91 Å². The lowest BCUT2D eigenvalue weighted by Crippen LogP contribution is -2.45. The fraction of sp³-hybridized carbons (Fsp3) is 0.688. The summed E-state index contributed by atoms with van der Waals surface area (Å²) in [7, 11) is 0. The Labute approximate surface area is 135 Å². The van der Waals surface area contributed by atoms with E-state index in [9.17, 15) is 14.7 Å². The van der Waals surface area contributed by atoms with Gasteiger partial charge in [0.15, 0.2) is 0 Å². The fourth-order valence-corrected chi connectivity index (χ4v) is 3.85. The van der Waals surface area contributed by atoms with Crippen LogP contribution in [0.2, 0.25) is 0 Å². The standard InChI is InChI=1S/C16H24N2O3S/c1-9-6-11(14(20)21)8-18(7-9)13(19)12-10(2)17-15(22-12)16(3,4)5/h9,11H,6-8H2,1-5H3,(H,20,21). The average Bonchev–Trinajstić information content (AvgIpc) is 2.79. The minimum absolute atomic E-state index is 0.0803. The highest BCUT2D eigenvalue weighted by Crippen LogP contribution is 2.31. The molecule has 1 aromatic rings. The summed E-state index contributed by atoms with van der Waals surface area (Å²) in [5.41, 5.74) is 0.650. The normalized spacial score (nSPS) is 22.7. The Kier molecular flexibility index (Phi) is 4.61. The molecule has 0 aromatic carbocycles. The Hall–Kier alpha value is -1.43. The molecule has 0 spiro atoms. The molecule has 1 saturated heterocycles. The highest BCUT2D eigenvalue weighted by Gasteiger charge is 2.34. The monoisotopic (exact) mass is 324 g/mol. The number of aliphatic carboxylic acids is 1. The van der Waals surface area contributed by atoms with E-state index in [1.807, 2.05) is 13.8 Å². The molecule has 0 aliphatic carbocycles. The molecule has 1 N–H and O–H groups in total. The molecule has 1 amide bonds. The molecule has 0 radical (unpaired) electrons. The molecule has 2 unspecified atom stereocenters. The van der Waals surface area contributed by atoms with Crippen molar-refractivity contribution in [2.45, 2.75) is 46.5 Å². The van der Waals surface area contributed by atoms with Gasteiger partial charge in [-0.1, -0.05) is 27.7 Å². The van der Waals surface area contributed by atoms with Gasteiger partial charge in [0.2, 0.25) is 0 Å². The van der Waals surface area contributed by atoms with Crippen molar-refractivity contribution in [3.8, 4) is 0 Å². The Morgan fingerprint density at radius 2 is 1.95 bits per heavy atom. The van der Waals surface area contributed by atoms with Crippen molar-refractivity contribution in [1.82, 2.24) is 9.88 Å². The number of hydrogen-bond acceptors (Lipinski definition) is 4. The summed E-state index contributed by atoms with van der Waals surface area (Å²) >= 11 is 1.43. The third-order valence-corrected chi connectivity index (χ3v) is 5.50. The van der Waals surface area contributed by atoms with E-state index in [0.29, 0.717) is 24.4 Å². The summed E-state index contributed by atoms with van der Waals surface area (Å²) in [6.07, 6.45) is 0.633. The van der Waals surface area contributed by atoms with E-state index in [0.717, 1.165) is 10.7 Å². The van der Waals surface area contributed by atoms with Crippen molar-refractivity contribution in [2.75, 3.05) is 13.1 Å². The zero-order chi connectivity index (χ0) is 16.7. The first kappa shape index (κ1) is 16.9. The molecule has 2 atom stereocenters. The van der Waals surface area contributed by atoms with Crippen LogP contribution in [-0.2, 0) is 10.2 Å². The van der Waals surface area contributed by atoms with E-state index in [1.165, 1.54) is 11.3 Å². The SMILES string of the molecule is Cc1nc(C(C)(C)C)sc1C(=O)N1CC(C)CC(C(=O)O)C1. The summed E-state index contributed by atoms with van der Waals surface area (Å²) in [4.78, 5) is 30.9. The Bertz CT molecular complexity index is 589. The van der Waals surface area contributed by atoms with Crippen molar-refractivity contribution in [2.24, 2.45) is 11.8 Å². The lowest BCUT2D eigenvalue weighted by Gasteiger charge is -2.34. The second kappa shape index (κ2) is 5.99. The number of hydrogen-bond donors (Lipinski definition) is 1. The van der Waals surface area contributed by atoms with Crippen molar-refractivity contribution in [1.29, 1.82) is 0 Å². The minimum Gasteiger partial charge on any atom is -0.481 e. The first-order valence-corrected chi connectivity index (χ1v) is 8.41. The number of amides is 1. The van der Waals surface area contributed by atoms with E-state index in [1.54, 1.807) is 4.90 Å². The van der Waals surface area contributed by atoms with Crippen molar-refractivity contribution in [3.63, 3.8) is 0 Å². The molecular formula is C16H24N2O3S. The van der Waals surface area contributed by atoms with Gasteiger partial charge in [-0.05, 0) is 19.3 Å². The van der Waals surface area contributed by atoms with Crippen LogP contribution in [0.5, 0.6) is 0 Å². The summed E-state index contributed by atoms with van der Waals surface area (Å²) in [6.45, 7) is 11.0. The first-order valence-electron chi connectivity index (χ1n) is 7.59. The number of aromatic nitrogens is 1. The topological polar surface area (TPSA) is 70.5 Å².